The number of likely N-dealkylation sites (N-methyl/N-ethyl adjacent to an activating group) is 1. The zero-order chi connectivity index (χ0) is 34.3. The second kappa shape index (κ2) is 13.0. The molecule has 3 amide bonds. The molecular weight excluding hydrogens is 645 g/mol. The van der Waals surface area contributed by atoms with E-state index in [9.17, 15) is 27.9 Å². The number of ether oxygens (including phenoxy) is 1. The summed E-state index contributed by atoms with van der Waals surface area (Å²) >= 11 is 0. The quantitative estimate of drug-likeness (QED) is 0.273. The van der Waals surface area contributed by atoms with Gasteiger partial charge in [-0.05, 0) is 55.6 Å². The van der Waals surface area contributed by atoms with Crippen LogP contribution in [0.4, 0.5) is 45.6 Å². The van der Waals surface area contributed by atoms with E-state index in [0.717, 1.165) is 36.5 Å². The van der Waals surface area contributed by atoms with Crippen LogP contribution in [0.5, 0.6) is 0 Å². The first kappa shape index (κ1) is 32.4. The van der Waals surface area contributed by atoms with E-state index in [1.807, 2.05) is 29.2 Å². The molecule has 0 radical (unpaired) electrons. The number of alkyl halides is 3. The molecular formula is C32H35F3N10O4. The number of aromatic nitrogens is 4. The summed E-state index contributed by atoms with van der Waals surface area (Å²) in [5, 5.41) is 19.6. The van der Waals surface area contributed by atoms with Gasteiger partial charge in [0, 0.05) is 61.9 Å². The number of carbonyl (C=O) groups is 2. The Morgan fingerprint density at radius 2 is 1.53 bits per heavy atom. The topological polar surface area (TPSA) is 144 Å². The molecule has 17 heteroatoms. The zero-order valence-electron chi connectivity index (χ0n) is 26.6. The lowest BCUT2D eigenvalue weighted by atomic mass is 10.0. The number of piperazine rings is 2. The summed E-state index contributed by atoms with van der Waals surface area (Å²) < 4.78 is 47.0. The molecule has 7 rings (SSSR count). The Labute approximate surface area is 279 Å². The van der Waals surface area contributed by atoms with Gasteiger partial charge in [0.25, 0.3) is 0 Å². The van der Waals surface area contributed by atoms with Gasteiger partial charge in [-0.2, -0.15) is 18.3 Å². The van der Waals surface area contributed by atoms with Crippen LogP contribution in [0.2, 0.25) is 0 Å². The van der Waals surface area contributed by atoms with Gasteiger partial charge in [0.2, 0.25) is 0 Å². The first-order chi connectivity index (χ1) is 23.5. The number of hydrogen-bond donors (Lipinski definition) is 3. The van der Waals surface area contributed by atoms with E-state index in [1.165, 1.54) is 11.1 Å². The average Bonchev–Trinajstić information content (AvgIpc) is 3.46. The third-order valence-corrected chi connectivity index (χ3v) is 8.98. The van der Waals surface area contributed by atoms with Gasteiger partial charge in [-0.3, -0.25) is 0 Å². The second-order valence-electron chi connectivity index (χ2n) is 12.5. The fourth-order valence-electron chi connectivity index (χ4n) is 6.53. The second-order valence-corrected chi connectivity index (χ2v) is 12.5. The molecule has 5 heterocycles. The van der Waals surface area contributed by atoms with Crippen molar-refractivity contribution >= 4 is 46.0 Å². The van der Waals surface area contributed by atoms with Gasteiger partial charge in [0.05, 0.1) is 36.9 Å². The largest absolute Gasteiger partial charge is 0.465 e. The summed E-state index contributed by atoms with van der Waals surface area (Å²) in [5.41, 5.74) is 2.71. The highest BCUT2D eigenvalue weighted by Gasteiger charge is 2.42. The lowest BCUT2D eigenvalue weighted by Crippen LogP contribution is -2.65. The summed E-state index contributed by atoms with van der Waals surface area (Å²) in [4.78, 5) is 41.7. The van der Waals surface area contributed by atoms with Crippen molar-refractivity contribution in [1.82, 2.24) is 29.5 Å². The standard InChI is InChI=1S/C32H35F3N10O4/c1-41-10-12-42(13-11-41)23-8-6-22(7-9-23)38-30(46)37-21-4-2-20(3-5-21)27-39-28-26(14-36-44(28)19-32(33,34)35)29(40-27)45-24-15-43(31(47)48)16-25(45)18-49-17-24/h2-9,14,24-25H,10-13,15-19H2,1H3,(H,47,48)(H2,37,38,46). The van der Waals surface area contributed by atoms with Crippen LogP contribution < -0.4 is 20.4 Å². The zero-order valence-corrected chi connectivity index (χ0v) is 26.6. The SMILES string of the molecule is CN1CCN(c2ccc(NC(=O)Nc3ccc(-c4nc(N5C6COCC5CN(C(=O)O)C6)c5cnn(CC(F)(F)F)c5n4)cc3)cc2)CC1. The smallest absolute Gasteiger partial charge is 0.408 e. The number of fused-ring (bicyclic) bond motifs is 3. The van der Waals surface area contributed by atoms with Crippen LogP contribution in [-0.4, -0.2) is 125 Å². The van der Waals surface area contributed by atoms with Crippen LogP contribution in [0.3, 0.4) is 0 Å². The number of urea groups is 1. The van der Waals surface area contributed by atoms with Crippen LogP contribution in [0.1, 0.15) is 0 Å². The number of morpholine rings is 1. The number of amides is 3. The van der Waals surface area contributed by atoms with E-state index >= 15 is 0 Å². The molecule has 2 unspecified atom stereocenters. The van der Waals surface area contributed by atoms with Crippen LogP contribution in [0.25, 0.3) is 22.4 Å². The molecule has 258 valence electrons. The predicted octanol–water partition coefficient (Wildman–Crippen LogP) is 4.02. The van der Waals surface area contributed by atoms with Gasteiger partial charge in [-0.1, -0.05) is 0 Å². The highest BCUT2D eigenvalue weighted by Crippen LogP contribution is 2.35. The summed E-state index contributed by atoms with van der Waals surface area (Å²) in [6.45, 7) is 3.27. The Kier molecular flexibility index (Phi) is 8.62. The van der Waals surface area contributed by atoms with Crippen molar-refractivity contribution in [2.75, 3.05) is 80.0 Å². The first-order valence-corrected chi connectivity index (χ1v) is 15.9. The molecule has 3 fully saturated rings. The molecule has 3 N–H and O–H groups in total. The monoisotopic (exact) mass is 680 g/mol. The van der Waals surface area contributed by atoms with Gasteiger partial charge >= 0.3 is 18.3 Å². The van der Waals surface area contributed by atoms with Crippen LogP contribution >= 0.6 is 0 Å². The van der Waals surface area contributed by atoms with Gasteiger partial charge in [-0.15, -0.1) is 0 Å². The van der Waals surface area contributed by atoms with Gasteiger partial charge in [-0.25, -0.2) is 24.2 Å². The molecule has 49 heavy (non-hydrogen) atoms. The Bertz CT molecular complexity index is 1810. The number of halogens is 3. The molecule has 0 aliphatic carbocycles. The third kappa shape index (κ3) is 7.03. The molecule has 2 aromatic carbocycles. The molecule has 2 atom stereocenters. The fraction of sp³-hybridized carbons (Fsp3) is 0.406. The lowest BCUT2D eigenvalue weighted by molar-refractivity contribution is -0.141. The summed E-state index contributed by atoms with van der Waals surface area (Å²) in [7, 11) is 2.10. The molecule has 3 aliphatic rings. The maximum Gasteiger partial charge on any atom is 0.408 e. The molecule has 3 aliphatic heterocycles. The van der Waals surface area contributed by atoms with Crippen LogP contribution in [0.15, 0.2) is 54.7 Å². The Morgan fingerprint density at radius 3 is 2.12 bits per heavy atom. The van der Waals surface area contributed by atoms with E-state index in [0.29, 0.717) is 28.1 Å². The van der Waals surface area contributed by atoms with Crippen LogP contribution in [0, 0.1) is 0 Å². The number of carboxylic acid groups (broad SMARTS) is 1. The van der Waals surface area contributed by atoms with Crippen molar-refractivity contribution in [3.05, 3.63) is 54.7 Å². The molecule has 4 aromatic rings. The van der Waals surface area contributed by atoms with E-state index in [-0.39, 0.29) is 37.8 Å². The Hall–Kier alpha value is -5.16. The van der Waals surface area contributed by atoms with E-state index < -0.39 is 36.9 Å². The summed E-state index contributed by atoms with van der Waals surface area (Å²) in [5.74, 6) is 0.513. The van der Waals surface area contributed by atoms with Gasteiger partial charge in [0.15, 0.2) is 11.5 Å². The molecule has 14 nitrogen and oxygen atoms in total. The minimum atomic E-state index is -4.54. The van der Waals surface area contributed by atoms with Crippen molar-refractivity contribution in [2.24, 2.45) is 0 Å². The number of nitrogens with one attached hydrogen (secondary N) is 2. The minimum Gasteiger partial charge on any atom is -0.465 e. The Balaban J connectivity index is 1.11. The first-order valence-electron chi connectivity index (χ1n) is 15.9. The van der Waals surface area contributed by atoms with E-state index in [1.54, 1.807) is 24.3 Å². The van der Waals surface area contributed by atoms with Crippen molar-refractivity contribution in [1.29, 1.82) is 0 Å². The average molecular weight is 681 g/mol. The highest BCUT2D eigenvalue weighted by atomic mass is 19.4. The number of carbonyl (C=O) groups excluding carboxylic acids is 1. The maximum absolute atomic E-state index is 13.5. The molecule has 3 saturated heterocycles. The van der Waals surface area contributed by atoms with E-state index in [2.05, 4.69) is 37.6 Å². The number of anilines is 4. The van der Waals surface area contributed by atoms with Crippen molar-refractivity contribution in [3.63, 3.8) is 0 Å². The fourth-order valence-corrected chi connectivity index (χ4v) is 6.53. The van der Waals surface area contributed by atoms with Crippen molar-refractivity contribution < 1.29 is 32.6 Å². The number of nitrogens with zero attached hydrogens (tertiary/aromatic N) is 8. The summed E-state index contributed by atoms with van der Waals surface area (Å²) in [6, 6.07) is 13.1. The van der Waals surface area contributed by atoms with E-state index in [4.69, 9.17) is 9.72 Å². The number of rotatable bonds is 6. The van der Waals surface area contributed by atoms with Crippen molar-refractivity contribution in [3.8, 4) is 11.4 Å². The van der Waals surface area contributed by atoms with Crippen LogP contribution in [-0.2, 0) is 11.3 Å². The molecule has 0 spiro atoms. The number of benzene rings is 2. The number of hydrogen-bond acceptors (Lipinski definition) is 9. The van der Waals surface area contributed by atoms with Crippen molar-refractivity contribution in [2.45, 2.75) is 24.8 Å². The maximum atomic E-state index is 13.5. The normalized spacial score (nSPS) is 20.0. The summed E-state index contributed by atoms with van der Waals surface area (Å²) in [6.07, 6.45) is -4.28. The molecule has 2 aromatic heterocycles. The van der Waals surface area contributed by atoms with Gasteiger partial charge in [0.1, 0.15) is 12.4 Å². The molecule has 2 bridgehead atoms. The third-order valence-electron chi connectivity index (χ3n) is 8.98. The minimum absolute atomic E-state index is 0.00259. The Morgan fingerprint density at radius 1 is 0.918 bits per heavy atom. The molecule has 0 saturated carbocycles. The highest BCUT2D eigenvalue weighted by molar-refractivity contribution is 6.00. The lowest BCUT2D eigenvalue weighted by Gasteiger charge is -2.49. The van der Waals surface area contributed by atoms with Gasteiger partial charge < -0.3 is 40.1 Å². The predicted molar refractivity (Wildman–Crippen MR) is 176 cm³/mol.